The third-order valence-electron chi connectivity index (χ3n) is 5.45. The predicted molar refractivity (Wildman–Crippen MR) is 146 cm³/mol. The molecule has 3 aromatic carbocycles. The molecule has 1 heterocycles. The Bertz CT molecular complexity index is 1500. The maximum atomic E-state index is 12.7. The van der Waals surface area contributed by atoms with E-state index in [1.165, 1.54) is 43.5 Å². The number of hydrogen-bond donors (Lipinski definition) is 3. The summed E-state index contributed by atoms with van der Waals surface area (Å²) in [6, 6.07) is 17.3. The summed E-state index contributed by atoms with van der Waals surface area (Å²) in [5, 5.41) is 6.67. The van der Waals surface area contributed by atoms with Crippen LogP contribution in [-0.4, -0.2) is 39.0 Å². The number of halogens is 1. The Morgan fingerprint density at radius 3 is 2.41 bits per heavy atom. The van der Waals surface area contributed by atoms with Crippen molar-refractivity contribution in [3.8, 4) is 0 Å². The van der Waals surface area contributed by atoms with Gasteiger partial charge in [-0.2, -0.15) is 5.10 Å². The molecule has 0 radical (unpaired) electrons. The van der Waals surface area contributed by atoms with Crippen molar-refractivity contribution < 1.29 is 27.5 Å². The number of nitrogens with one attached hydrogen (secondary N) is 3. The Labute approximate surface area is 226 Å². The van der Waals surface area contributed by atoms with Crippen LogP contribution in [0, 0.1) is 3.57 Å². The number of carbonyl (C=O) groups is 3. The number of fused-ring (bicyclic) bond motifs is 1. The fourth-order valence-corrected chi connectivity index (χ4v) is 5.04. The largest absolute Gasteiger partial charge is 0.469 e. The summed E-state index contributed by atoms with van der Waals surface area (Å²) in [5.41, 5.74) is 4.97. The number of benzene rings is 3. The molecular formula is C25H21IN4O6S. The van der Waals surface area contributed by atoms with Crippen LogP contribution in [0.15, 0.2) is 76.7 Å². The highest BCUT2D eigenvalue weighted by Gasteiger charge is 2.26. The van der Waals surface area contributed by atoms with Crippen molar-refractivity contribution in [1.82, 2.24) is 5.43 Å². The van der Waals surface area contributed by atoms with Crippen LogP contribution >= 0.6 is 22.6 Å². The second-order valence-corrected chi connectivity index (χ2v) is 10.9. The number of esters is 1. The van der Waals surface area contributed by atoms with Gasteiger partial charge in [-0.3, -0.25) is 19.1 Å². The van der Waals surface area contributed by atoms with Gasteiger partial charge in [-0.05, 0) is 89.2 Å². The first-order valence-electron chi connectivity index (χ1n) is 10.9. The van der Waals surface area contributed by atoms with E-state index >= 15 is 0 Å². The highest BCUT2D eigenvalue weighted by Crippen LogP contribution is 2.25. The molecule has 0 aromatic heterocycles. The number of carbonyl (C=O) groups excluding carboxylic acids is 3. The van der Waals surface area contributed by atoms with E-state index in [4.69, 9.17) is 0 Å². The molecule has 0 saturated heterocycles. The van der Waals surface area contributed by atoms with Gasteiger partial charge in [-0.15, -0.1) is 0 Å². The van der Waals surface area contributed by atoms with Gasteiger partial charge in [0.1, 0.15) is 0 Å². The minimum absolute atomic E-state index is 0.0525. The molecule has 10 nitrogen and oxygen atoms in total. The van der Waals surface area contributed by atoms with Gasteiger partial charge < -0.3 is 10.1 Å². The SMILES string of the molecule is COC(=O)CCc1ccc(S(=O)(=O)Nc2ccc(C(=O)N/N=C3\C(=O)Nc4ccc(I)cc43)cc2)cc1. The van der Waals surface area contributed by atoms with E-state index in [2.05, 4.69) is 47.9 Å². The topological polar surface area (TPSA) is 143 Å². The first kappa shape index (κ1) is 26.3. The van der Waals surface area contributed by atoms with Crippen molar-refractivity contribution in [2.45, 2.75) is 17.7 Å². The second-order valence-electron chi connectivity index (χ2n) is 7.95. The third-order valence-corrected chi connectivity index (χ3v) is 7.52. The molecule has 1 aliphatic rings. The maximum Gasteiger partial charge on any atom is 0.305 e. The van der Waals surface area contributed by atoms with Gasteiger partial charge in [-0.1, -0.05) is 12.1 Å². The summed E-state index contributed by atoms with van der Waals surface area (Å²) in [4.78, 5) is 36.1. The normalized spacial score (nSPS) is 13.6. The smallest absolute Gasteiger partial charge is 0.305 e. The number of aryl methyl sites for hydroxylation is 1. The molecule has 3 aromatic rings. The lowest BCUT2D eigenvalue weighted by molar-refractivity contribution is -0.140. The number of nitrogens with zero attached hydrogens (tertiary/aromatic N) is 1. The molecule has 0 saturated carbocycles. The zero-order valence-electron chi connectivity index (χ0n) is 19.4. The molecule has 0 unspecified atom stereocenters. The Kier molecular flexibility index (Phi) is 7.88. The Morgan fingerprint density at radius 1 is 1.03 bits per heavy atom. The van der Waals surface area contributed by atoms with E-state index in [9.17, 15) is 22.8 Å². The van der Waals surface area contributed by atoms with Gasteiger partial charge in [0.2, 0.25) is 0 Å². The van der Waals surface area contributed by atoms with Gasteiger partial charge in [0.15, 0.2) is 5.71 Å². The average Bonchev–Trinajstić information content (AvgIpc) is 3.20. The molecule has 0 atom stereocenters. The number of amides is 2. The fourth-order valence-electron chi connectivity index (χ4n) is 3.49. The summed E-state index contributed by atoms with van der Waals surface area (Å²) < 4.78 is 33.4. The van der Waals surface area contributed by atoms with E-state index in [1.54, 1.807) is 24.3 Å². The molecule has 190 valence electrons. The van der Waals surface area contributed by atoms with E-state index in [1.807, 2.05) is 6.07 Å². The molecule has 3 N–H and O–H groups in total. The lowest BCUT2D eigenvalue weighted by Crippen LogP contribution is -2.23. The monoisotopic (exact) mass is 632 g/mol. The zero-order chi connectivity index (χ0) is 26.6. The number of hydrogen-bond acceptors (Lipinski definition) is 7. The van der Waals surface area contributed by atoms with Crippen LogP contribution in [0.5, 0.6) is 0 Å². The minimum Gasteiger partial charge on any atom is -0.469 e. The number of hydrazone groups is 1. The van der Waals surface area contributed by atoms with Crippen molar-refractivity contribution in [2.24, 2.45) is 5.10 Å². The molecule has 0 fully saturated rings. The van der Waals surface area contributed by atoms with Crippen LogP contribution in [0.2, 0.25) is 0 Å². The number of anilines is 2. The van der Waals surface area contributed by atoms with Crippen LogP contribution in [-0.2, 0) is 30.8 Å². The third kappa shape index (κ3) is 6.32. The van der Waals surface area contributed by atoms with Crippen LogP contribution in [0.1, 0.15) is 27.9 Å². The highest BCUT2D eigenvalue weighted by molar-refractivity contribution is 14.1. The standard InChI is InChI=1S/C25H21IN4O6S/c1-36-22(31)13-4-15-2-10-19(11-3-15)37(34,35)30-18-8-5-16(6-9-18)24(32)29-28-23-20-14-17(26)7-12-21(20)27-25(23)33/h2-3,5-12,14,30H,4,13H2,1H3,(H,29,32)(H,27,28,33). The van der Waals surface area contributed by atoms with Crippen molar-refractivity contribution in [1.29, 1.82) is 0 Å². The molecule has 4 rings (SSSR count). The van der Waals surface area contributed by atoms with Gasteiger partial charge in [0.05, 0.1) is 17.7 Å². The Hall–Kier alpha value is -3.78. The van der Waals surface area contributed by atoms with E-state index in [0.29, 0.717) is 17.7 Å². The number of methoxy groups -OCH3 is 1. The lowest BCUT2D eigenvalue weighted by Gasteiger charge is -2.09. The fraction of sp³-hybridized carbons (Fsp3) is 0.120. The average molecular weight is 632 g/mol. The molecule has 0 aliphatic carbocycles. The van der Waals surface area contributed by atoms with Crippen LogP contribution in [0.3, 0.4) is 0 Å². The predicted octanol–water partition coefficient (Wildman–Crippen LogP) is 3.28. The summed E-state index contributed by atoms with van der Waals surface area (Å²) in [5.74, 6) is -1.32. The molecule has 2 amide bonds. The zero-order valence-corrected chi connectivity index (χ0v) is 22.4. The van der Waals surface area contributed by atoms with Crippen LogP contribution < -0.4 is 15.5 Å². The molecule has 0 spiro atoms. The summed E-state index contributed by atoms with van der Waals surface area (Å²) in [6.07, 6.45) is 0.638. The summed E-state index contributed by atoms with van der Waals surface area (Å²) in [7, 11) is -2.56. The maximum absolute atomic E-state index is 12.7. The van der Waals surface area contributed by atoms with Crippen molar-refractivity contribution >= 4 is 67.5 Å². The van der Waals surface area contributed by atoms with Crippen LogP contribution in [0.25, 0.3) is 0 Å². The molecular weight excluding hydrogens is 611 g/mol. The van der Waals surface area contributed by atoms with E-state index in [0.717, 1.165) is 9.13 Å². The summed E-state index contributed by atoms with van der Waals surface area (Å²) >= 11 is 2.12. The first-order chi connectivity index (χ1) is 17.7. The van der Waals surface area contributed by atoms with Gasteiger partial charge in [0, 0.05) is 26.8 Å². The number of sulfonamides is 1. The minimum atomic E-state index is -3.87. The van der Waals surface area contributed by atoms with Crippen molar-refractivity contribution in [3.63, 3.8) is 0 Å². The molecule has 37 heavy (non-hydrogen) atoms. The first-order valence-corrected chi connectivity index (χ1v) is 13.5. The van der Waals surface area contributed by atoms with Crippen molar-refractivity contribution in [3.05, 3.63) is 87.0 Å². The molecule has 1 aliphatic heterocycles. The number of ether oxygens (including phenoxy) is 1. The van der Waals surface area contributed by atoms with Gasteiger partial charge in [0.25, 0.3) is 21.8 Å². The quantitative estimate of drug-likeness (QED) is 0.198. The highest BCUT2D eigenvalue weighted by atomic mass is 127. The molecule has 12 heteroatoms. The Morgan fingerprint density at radius 2 is 1.73 bits per heavy atom. The summed E-state index contributed by atoms with van der Waals surface area (Å²) in [6.45, 7) is 0. The lowest BCUT2D eigenvalue weighted by atomic mass is 10.1. The van der Waals surface area contributed by atoms with Crippen LogP contribution in [0.4, 0.5) is 11.4 Å². The van der Waals surface area contributed by atoms with Gasteiger partial charge in [-0.25, -0.2) is 13.8 Å². The number of rotatable bonds is 8. The molecule has 0 bridgehead atoms. The van der Waals surface area contributed by atoms with E-state index < -0.39 is 21.8 Å². The van der Waals surface area contributed by atoms with Crippen molar-refractivity contribution in [2.75, 3.05) is 17.1 Å². The van der Waals surface area contributed by atoms with Gasteiger partial charge >= 0.3 is 5.97 Å². The van der Waals surface area contributed by atoms with E-state index in [-0.39, 0.29) is 34.2 Å². The Balaban J connectivity index is 1.39. The second kappa shape index (κ2) is 11.1.